The normalized spacial score (nSPS) is 17.8. The molecule has 1 fully saturated rings. The zero-order valence-electron chi connectivity index (χ0n) is 14.9. The number of benzene rings is 1. The van der Waals surface area contributed by atoms with Crippen LogP contribution in [0.5, 0.6) is 0 Å². The molecule has 1 saturated heterocycles. The van der Waals surface area contributed by atoms with Gasteiger partial charge in [0.15, 0.2) is 5.78 Å². The van der Waals surface area contributed by atoms with Crippen molar-refractivity contribution in [2.75, 3.05) is 6.54 Å². The number of terminal acetylenes is 1. The van der Waals surface area contributed by atoms with Gasteiger partial charge in [-0.15, -0.1) is 12.3 Å². The van der Waals surface area contributed by atoms with E-state index in [1.165, 1.54) is 0 Å². The Morgan fingerprint density at radius 2 is 2.04 bits per heavy atom. The third-order valence-corrected chi connectivity index (χ3v) is 4.27. The topological polar surface area (TPSA) is 102 Å². The minimum absolute atomic E-state index is 0.0215. The van der Waals surface area contributed by atoms with Gasteiger partial charge in [-0.25, -0.2) is 4.79 Å². The van der Waals surface area contributed by atoms with E-state index in [0.29, 0.717) is 19.4 Å². The van der Waals surface area contributed by atoms with E-state index in [0.717, 1.165) is 5.56 Å². The predicted molar refractivity (Wildman–Crippen MR) is 97.4 cm³/mol. The summed E-state index contributed by atoms with van der Waals surface area (Å²) in [5, 5.41) is 4.95. The maximum absolute atomic E-state index is 12.5. The third-order valence-electron chi connectivity index (χ3n) is 4.27. The molecule has 2 N–H and O–H groups in total. The second kappa shape index (κ2) is 10.1. The van der Waals surface area contributed by atoms with Crippen LogP contribution in [0.25, 0.3) is 0 Å². The number of Topliss-reactive ketones (excluding diaryl/α,β-unsaturated/α-hetero) is 2. The maximum Gasteiger partial charge on any atom is 0.408 e. The molecule has 7 nitrogen and oxygen atoms in total. The summed E-state index contributed by atoms with van der Waals surface area (Å²) in [6, 6.07) is 8.14. The van der Waals surface area contributed by atoms with Crippen molar-refractivity contribution >= 4 is 23.6 Å². The minimum Gasteiger partial charge on any atom is -0.445 e. The van der Waals surface area contributed by atoms with Crippen LogP contribution >= 0.6 is 0 Å². The lowest BCUT2D eigenvalue weighted by Crippen LogP contribution is -2.42. The molecule has 2 rings (SSSR count). The molecule has 1 aliphatic rings. The molecule has 0 radical (unpaired) electrons. The maximum atomic E-state index is 12.5. The molecule has 2 atom stereocenters. The van der Waals surface area contributed by atoms with Gasteiger partial charge in [0.25, 0.3) is 5.91 Å². The van der Waals surface area contributed by atoms with Gasteiger partial charge < -0.3 is 15.4 Å². The number of hydrogen-bond acceptors (Lipinski definition) is 5. The predicted octanol–water partition coefficient (Wildman–Crippen LogP) is 1.36. The quantitative estimate of drug-likeness (QED) is 0.557. The number of carbonyl (C=O) groups is 4. The van der Waals surface area contributed by atoms with Crippen molar-refractivity contribution in [2.45, 2.75) is 38.3 Å². The number of ether oxygens (including phenoxy) is 1. The van der Waals surface area contributed by atoms with Crippen molar-refractivity contribution in [3.05, 3.63) is 35.9 Å². The lowest BCUT2D eigenvalue weighted by atomic mass is 9.90. The van der Waals surface area contributed by atoms with E-state index in [1.807, 2.05) is 18.2 Å². The number of rotatable bonds is 7. The van der Waals surface area contributed by atoms with Crippen LogP contribution in [0, 0.1) is 18.3 Å². The number of hydrogen-bond donors (Lipinski definition) is 2. The Morgan fingerprint density at radius 3 is 2.74 bits per heavy atom. The van der Waals surface area contributed by atoms with Crippen molar-refractivity contribution in [2.24, 2.45) is 5.92 Å². The van der Waals surface area contributed by atoms with Gasteiger partial charge in [0.1, 0.15) is 12.6 Å². The number of amides is 2. The van der Waals surface area contributed by atoms with Crippen molar-refractivity contribution in [3.63, 3.8) is 0 Å². The highest BCUT2D eigenvalue weighted by Crippen LogP contribution is 2.17. The molecule has 0 bridgehead atoms. The zero-order valence-corrected chi connectivity index (χ0v) is 14.9. The van der Waals surface area contributed by atoms with Gasteiger partial charge in [-0.05, 0) is 18.4 Å². The Labute approximate surface area is 157 Å². The molecule has 27 heavy (non-hydrogen) atoms. The van der Waals surface area contributed by atoms with E-state index in [4.69, 9.17) is 11.2 Å². The first kappa shape index (κ1) is 20.2. The first-order valence-corrected chi connectivity index (χ1v) is 8.76. The highest BCUT2D eigenvalue weighted by molar-refractivity contribution is 6.37. The minimum atomic E-state index is -0.961. The van der Waals surface area contributed by atoms with Crippen LogP contribution in [0.4, 0.5) is 4.79 Å². The van der Waals surface area contributed by atoms with Crippen LogP contribution in [0.1, 0.15) is 31.2 Å². The SMILES string of the molecule is C#CCC(NC(=O)OCc1ccccc1)C(=O)CC1CCCNC(=O)C1=O. The van der Waals surface area contributed by atoms with Gasteiger partial charge in [0.2, 0.25) is 5.78 Å². The van der Waals surface area contributed by atoms with Crippen molar-refractivity contribution in [1.29, 1.82) is 0 Å². The summed E-state index contributed by atoms with van der Waals surface area (Å²) in [4.78, 5) is 48.1. The van der Waals surface area contributed by atoms with Crippen LogP contribution in [0.2, 0.25) is 0 Å². The molecular formula is C20H22N2O5. The standard InChI is InChI=1S/C20H22N2O5/c1-2-7-16(22-20(26)27-13-14-8-4-3-5-9-14)17(23)12-15-10-6-11-21-19(25)18(15)24/h1,3-5,8-9,15-16H,6-7,10-13H2,(H,21,25)(H,22,26). The van der Waals surface area contributed by atoms with Gasteiger partial charge in [-0.1, -0.05) is 30.3 Å². The Bertz CT molecular complexity index is 738. The second-order valence-corrected chi connectivity index (χ2v) is 6.30. The van der Waals surface area contributed by atoms with Crippen LogP contribution in [0.15, 0.2) is 30.3 Å². The lowest BCUT2D eigenvalue weighted by molar-refractivity contribution is -0.140. The van der Waals surface area contributed by atoms with E-state index >= 15 is 0 Å². The molecule has 1 heterocycles. The summed E-state index contributed by atoms with van der Waals surface area (Å²) < 4.78 is 5.10. The molecule has 0 saturated carbocycles. The molecule has 1 aliphatic heterocycles. The van der Waals surface area contributed by atoms with E-state index in [9.17, 15) is 19.2 Å². The van der Waals surface area contributed by atoms with Gasteiger partial charge >= 0.3 is 6.09 Å². The average molecular weight is 370 g/mol. The number of nitrogens with one attached hydrogen (secondary N) is 2. The van der Waals surface area contributed by atoms with Crippen molar-refractivity contribution in [3.8, 4) is 12.3 Å². The monoisotopic (exact) mass is 370 g/mol. The summed E-state index contributed by atoms with van der Waals surface area (Å²) in [5.74, 6) is -0.0180. The molecule has 2 amide bonds. The van der Waals surface area contributed by atoms with Crippen LogP contribution in [-0.2, 0) is 25.7 Å². The lowest BCUT2D eigenvalue weighted by Gasteiger charge is -2.18. The van der Waals surface area contributed by atoms with Crippen LogP contribution in [-0.4, -0.2) is 36.2 Å². The molecule has 0 aliphatic carbocycles. The zero-order chi connectivity index (χ0) is 19.6. The Hall–Kier alpha value is -3.14. The molecule has 142 valence electrons. The summed E-state index contributed by atoms with van der Waals surface area (Å²) in [6.07, 6.45) is 5.41. The van der Waals surface area contributed by atoms with Gasteiger partial charge in [-0.2, -0.15) is 0 Å². The molecule has 0 aromatic heterocycles. The largest absolute Gasteiger partial charge is 0.445 e. The smallest absolute Gasteiger partial charge is 0.408 e. The number of carbonyl (C=O) groups excluding carboxylic acids is 4. The van der Waals surface area contributed by atoms with E-state index in [-0.39, 0.29) is 19.4 Å². The molecule has 1 aromatic carbocycles. The number of alkyl carbamates (subject to hydrolysis) is 1. The first-order valence-electron chi connectivity index (χ1n) is 8.76. The van der Waals surface area contributed by atoms with Crippen LogP contribution < -0.4 is 10.6 Å². The second-order valence-electron chi connectivity index (χ2n) is 6.30. The molecule has 7 heteroatoms. The third kappa shape index (κ3) is 6.26. The fourth-order valence-electron chi connectivity index (χ4n) is 2.80. The van der Waals surface area contributed by atoms with Crippen molar-refractivity contribution in [1.82, 2.24) is 10.6 Å². The van der Waals surface area contributed by atoms with Crippen molar-refractivity contribution < 1.29 is 23.9 Å². The van der Waals surface area contributed by atoms with E-state index < -0.39 is 35.5 Å². The molecule has 1 aromatic rings. The highest BCUT2D eigenvalue weighted by atomic mass is 16.5. The summed E-state index contributed by atoms with van der Waals surface area (Å²) in [7, 11) is 0. The summed E-state index contributed by atoms with van der Waals surface area (Å²) in [6.45, 7) is 0.470. The number of ketones is 2. The van der Waals surface area contributed by atoms with Gasteiger partial charge in [-0.3, -0.25) is 14.4 Å². The summed E-state index contributed by atoms with van der Waals surface area (Å²) in [5.41, 5.74) is 0.808. The van der Waals surface area contributed by atoms with Crippen LogP contribution in [0.3, 0.4) is 0 Å². The molecule has 0 spiro atoms. The van der Waals surface area contributed by atoms with E-state index in [2.05, 4.69) is 16.6 Å². The Kier molecular flexibility index (Phi) is 7.56. The molecular weight excluding hydrogens is 348 g/mol. The molecule has 2 unspecified atom stereocenters. The van der Waals surface area contributed by atoms with Gasteiger partial charge in [0.05, 0.1) is 0 Å². The van der Waals surface area contributed by atoms with Gasteiger partial charge in [0, 0.05) is 25.3 Å². The Balaban J connectivity index is 1.91. The average Bonchev–Trinajstić information content (AvgIpc) is 2.82. The fraction of sp³-hybridized carbons (Fsp3) is 0.400. The summed E-state index contributed by atoms with van der Waals surface area (Å²) >= 11 is 0. The highest BCUT2D eigenvalue weighted by Gasteiger charge is 2.32. The van der Waals surface area contributed by atoms with E-state index in [1.54, 1.807) is 12.1 Å². The Morgan fingerprint density at radius 1 is 1.30 bits per heavy atom. The first-order chi connectivity index (χ1) is 13.0. The fourth-order valence-corrected chi connectivity index (χ4v) is 2.80.